The van der Waals surface area contributed by atoms with Gasteiger partial charge in [0, 0.05) is 35.7 Å². The van der Waals surface area contributed by atoms with E-state index in [1.807, 2.05) is 23.1 Å². The molecule has 5 nitrogen and oxygen atoms in total. The van der Waals surface area contributed by atoms with Crippen LogP contribution in [0.4, 0.5) is 10.1 Å². The molecule has 2 aromatic rings. The Kier molecular flexibility index (Phi) is 7.04. The number of ketones is 1. The summed E-state index contributed by atoms with van der Waals surface area (Å²) < 4.78 is 14.1. The number of amides is 2. The molecule has 1 fully saturated rings. The molecule has 0 aromatic heterocycles. The topological polar surface area (TPSA) is 66.5 Å². The maximum Gasteiger partial charge on any atom is 0.234 e. The molecule has 1 aliphatic heterocycles. The van der Waals surface area contributed by atoms with Gasteiger partial charge in [0.1, 0.15) is 5.82 Å². The smallest absolute Gasteiger partial charge is 0.234 e. The van der Waals surface area contributed by atoms with Gasteiger partial charge in [-0.3, -0.25) is 14.4 Å². The zero-order valence-corrected chi connectivity index (χ0v) is 17.1. The number of piperidine rings is 1. The molecule has 0 spiro atoms. The first kappa shape index (κ1) is 21.0. The van der Waals surface area contributed by atoms with E-state index >= 15 is 0 Å². The summed E-state index contributed by atoms with van der Waals surface area (Å²) in [5, 5.41) is 2.81. The number of nitrogens with zero attached hydrogens (tertiary/aromatic N) is 1. The second kappa shape index (κ2) is 9.69. The largest absolute Gasteiger partial charge is 0.338 e. The van der Waals surface area contributed by atoms with Crippen molar-refractivity contribution in [3.8, 4) is 0 Å². The van der Waals surface area contributed by atoms with Crippen LogP contribution in [-0.4, -0.2) is 34.8 Å². The van der Waals surface area contributed by atoms with Crippen molar-refractivity contribution in [2.75, 3.05) is 17.6 Å². The zero-order valence-electron chi connectivity index (χ0n) is 16.2. The first-order chi connectivity index (χ1) is 13.9. The van der Waals surface area contributed by atoms with Crippen molar-refractivity contribution < 1.29 is 18.8 Å². The Morgan fingerprint density at radius 3 is 2.72 bits per heavy atom. The fraction of sp³-hybridized carbons (Fsp3) is 0.318. The van der Waals surface area contributed by atoms with Crippen LogP contribution < -0.4 is 5.32 Å². The lowest BCUT2D eigenvalue weighted by Crippen LogP contribution is -2.34. The molecule has 0 saturated carbocycles. The number of carbonyl (C=O) groups excluding carboxylic acids is 3. The van der Waals surface area contributed by atoms with Crippen molar-refractivity contribution >= 4 is 35.0 Å². The van der Waals surface area contributed by atoms with Gasteiger partial charge >= 0.3 is 0 Å². The SMILES string of the molecule is CC(=O)c1ccc(SCC(=O)Nc2cccc(CN3CCCCC3=O)c2)c(F)c1. The van der Waals surface area contributed by atoms with Gasteiger partial charge < -0.3 is 10.2 Å². The van der Waals surface area contributed by atoms with Crippen LogP contribution in [0.25, 0.3) is 0 Å². The van der Waals surface area contributed by atoms with E-state index in [-0.39, 0.29) is 23.4 Å². The maximum atomic E-state index is 14.1. The van der Waals surface area contributed by atoms with Crippen LogP contribution in [-0.2, 0) is 16.1 Å². The number of hydrogen-bond donors (Lipinski definition) is 1. The summed E-state index contributed by atoms with van der Waals surface area (Å²) in [6.45, 7) is 2.68. The number of halogens is 1. The Hall–Kier alpha value is -2.67. The first-order valence-electron chi connectivity index (χ1n) is 9.52. The Balaban J connectivity index is 1.55. The van der Waals surface area contributed by atoms with Crippen molar-refractivity contribution in [1.29, 1.82) is 0 Å². The van der Waals surface area contributed by atoms with E-state index in [4.69, 9.17) is 0 Å². The summed E-state index contributed by atoms with van der Waals surface area (Å²) in [6.07, 6.45) is 2.56. The summed E-state index contributed by atoms with van der Waals surface area (Å²) >= 11 is 1.08. The quantitative estimate of drug-likeness (QED) is 0.543. The van der Waals surface area contributed by atoms with Gasteiger partial charge in [-0.2, -0.15) is 0 Å². The fourth-order valence-electron chi connectivity index (χ4n) is 3.17. The highest BCUT2D eigenvalue weighted by molar-refractivity contribution is 8.00. The van der Waals surface area contributed by atoms with E-state index in [1.165, 1.54) is 19.1 Å². The number of benzene rings is 2. The number of carbonyl (C=O) groups is 3. The molecule has 2 amide bonds. The lowest BCUT2D eigenvalue weighted by molar-refractivity contribution is -0.133. The van der Waals surface area contributed by atoms with Crippen molar-refractivity contribution in [1.82, 2.24) is 4.90 Å². The van der Waals surface area contributed by atoms with E-state index in [1.54, 1.807) is 12.1 Å². The summed E-state index contributed by atoms with van der Waals surface area (Å²) in [5.74, 6) is -0.755. The number of Topliss-reactive ketones (excluding diaryl/α,β-unsaturated/α-hetero) is 1. The zero-order chi connectivity index (χ0) is 20.8. The third-order valence-corrected chi connectivity index (χ3v) is 5.75. The van der Waals surface area contributed by atoms with Gasteiger partial charge in [0.25, 0.3) is 0 Å². The van der Waals surface area contributed by atoms with E-state index in [0.717, 1.165) is 36.7 Å². The molecule has 0 radical (unpaired) electrons. The highest BCUT2D eigenvalue weighted by Crippen LogP contribution is 2.23. The first-order valence-corrected chi connectivity index (χ1v) is 10.5. The fourth-order valence-corrected chi connectivity index (χ4v) is 3.89. The van der Waals surface area contributed by atoms with Crippen LogP contribution in [0.15, 0.2) is 47.4 Å². The van der Waals surface area contributed by atoms with Crippen LogP contribution in [0.3, 0.4) is 0 Å². The van der Waals surface area contributed by atoms with Crippen LogP contribution in [0, 0.1) is 5.82 Å². The van der Waals surface area contributed by atoms with Crippen molar-refractivity contribution in [2.45, 2.75) is 37.6 Å². The number of nitrogens with one attached hydrogen (secondary N) is 1. The predicted octanol–water partition coefficient (Wildman–Crippen LogP) is 4.27. The third kappa shape index (κ3) is 5.90. The number of hydrogen-bond acceptors (Lipinski definition) is 4. The highest BCUT2D eigenvalue weighted by atomic mass is 32.2. The minimum atomic E-state index is -0.510. The average Bonchev–Trinajstić information content (AvgIpc) is 2.69. The second-order valence-electron chi connectivity index (χ2n) is 7.01. The van der Waals surface area contributed by atoms with Gasteiger partial charge in [0.15, 0.2) is 5.78 Å². The Labute approximate surface area is 173 Å². The minimum Gasteiger partial charge on any atom is -0.338 e. The molecule has 0 bridgehead atoms. The molecular formula is C22H23FN2O3S. The molecule has 7 heteroatoms. The summed E-state index contributed by atoms with van der Waals surface area (Å²) in [7, 11) is 0. The molecule has 1 saturated heterocycles. The molecule has 1 N–H and O–H groups in total. The number of anilines is 1. The summed E-state index contributed by atoms with van der Waals surface area (Å²) in [5.41, 5.74) is 1.90. The summed E-state index contributed by atoms with van der Waals surface area (Å²) in [4.78, 5) is 37.7. The standard InChI is InChI=1S/C22H23FN2O3S/c1-15(26)17-8-9-20(19(23)12-17)29-14-21(27)24-18-6-4-5-16(11-18)13-25-10-3-2-7-22(25)28/h4-6,8-9,11-12H,2-3,7,10,13-14H2,1H3,(H,24,27). The molecule has 152 valence electrons. The number of thioether (sulfide) groups is 1. The van der Waals surface area contributed by atoms with Gasteiger partial charge in [-0.15, -0.1) is 11.8 Å². The van der Waals surface area contributed by atoms with Gasteiger partial charge in [-0.1, -0.05) is 18.2 Å². The monoisotopic (exact) mass is 414 g/mol. The van der Waals surface area contributed by atoms with E-state index < -0.39 is 5.82 Å². The number of rotatable bonds is 7. The van der Waals surface area contributed by atoms with Crippen LogP contribution in [0.5, 0.6) is 0 Å². The van der Waals surface area contributed by atoms with E-state index in [0.29, 0.717) is 29.1 Å². The van der Waals surface area contributed by atoms with Gasteiger partial charge in [0.05, 0.1) is 5.75 Å². The van der Waals surface area contributed by atoms with Crippen LogP contribution in [0.1, 0.15) is 42.1 Å². The Morgan fingerprint density at radius 1 is 1.17 bits per heavy atom. The molecule has 1 heterocycles. The van der Waals surface area contributed by atoms with Crippen LogP contribution in [0.2, 0.25) is 0 Å². The van der Waals surface area contributed by atoms with Crippen molar-refractivity contribution in [3.63, 3.8) is 0 Å². The highest BCUT2D eigenvalue weighted by Gasteiger charge is 2.18. The van der Waals surface area contributed by atoms with Gasteiger partial charge in [-0.05, 0) is 49.6 Å². The third-order valence-electron chi connectivity index (χ3n) is 4.70. The normalized spacial score (nSPS) is 14.0. The van der Waals surface area contributed by atoms with Crippen molar-refractivity contribution in [3.05, 3.63) is 59.4 Å². The lowest BCUT2D eigenvalue weighted by atomic mass is 10.1. The van der Waals surface area contributed by atoms with Crippen LogP contribution >= 0.6 is 11.8 Å². The molecule has 0 unspecified atom stereocenters. The average molecular weight is 415 g/mol. The molecular weight excluding hydrogens is 391 g/mol. The maximum absolute atomic E-state index is 14.1. The Morgan fingerprint density at radius 2 is 2.00 bits per heavy atom. The molecule has 3 rings (SSSR count). The van der Waals surface area contributed by atoms with Gasteiger partial charge in [0.2, 0.25) is 11.8 Å². The molecule has 0 atom stereocenters. The molecule has 1 aliphatic rings. The molecule has 0 aliphatic carbocycles. The van der Waals surface area contributed by atoms with E-state index in [9.17, 15) is 18.8 Å². The predicted molar refractivity (Wildman–Crippen MR) is 111 cm³/mol. The lowest BCUT2D eigenvalue weighted by Gasteiger charge is -2.26. The second-order valence-corrected chi connectivity index (χ2v) is 8.03. The minimum absolute atomic E-state index is 0.0468. The molecule has 29 heavy (non-hydrogen) atoms. The van der Waals surface area contributed by atoms with Crippen molar-refractivity contribution in [2.24, 2.45) is 0 Å². The number of likely N-dealkylation sites (tertiary alicyclic amines) is 1. The Bertz CT molecular complexity index is 932. The summed E-state index contributed by atoms with van der Waals surface area (Å²) in [6, 6.07) is 11.7. The van der Waals surface area contributed by atoms with E-state index in [2.05, 4.69) is 5.32 Å². The van der Waals surface area contributed by atoms with Gasteiger partial charge in [-0.25, -0.2) is 4.39 Å². The molecule has 2 aromatic carbocycles.